The van der Waals surface area contributed by atoms with E-state index in [1.54, 1.807) is 42.6 Å². The lowest BCUT2D eigenvalue weighted by Gasteiger charge is -2.17. The number of thiophene rings is 1. The molecule has 2 amide bonds. The minimum Gasteiger partial charge on any atom is -0.355 e. The maximum atomic E-state index is 13.0. The van der Waals surface area contributed by atoms with Gasteiger partial charge < -0.3 is 15.2 Å². The molecule has 1 aliphatic rings. The number of hydrogen-bond donors (Lipinski definition) is 2. The number of carbonyl (C=O) groups excluding carboxylic acids is 2. The fraction of sp³-hybridized carbons (Fsp3) is 0.300. The molecule has 1 aromatic carbocycles. The number of amides is 2. The Morgan fingerprint density at radius 3 is 2.69 bits per heavy atom. The van der Waals surface area contributed by atoms with Crippen LogP contribution in [0.2, 0.25) is 0 Å². The Hall–Kier alpha value is -2.60. The third kappa shape index (κ3) is 3.01. The average Bonchev–Trinajstić information content (AvgIpc) is 3.37. The minimum absolute atomic E-state index is 0.130. The Bertz CT molecular complexity index is 967. The molecule has 0 aliphatic heterocycles. The topological polar surface area (TPSA) is 63.1 Å². The molecule has 1 aliphatic carbocycles. The van der Waals surface area contributed by atoms with Gasteiger partial charge in [0.05, 0.1) is 10.2 Å². The predicted molar refractivity (Wildman–Crippen MR) is 105 cm³/mol. The molecule has 2 heterocycles. The molecule has 0 atom stereocenters. The van der Waals surface area contributed by atoms with Crippen LogP contribution in [0.3, 0.4) is 0 Å². The second kappa shape index (κ2) is 6.96. The highest BCUT2D eigenvalue weighted by Gasteiger charge is 2.25. The van der Waals surface area contributed by atoms with Crippen LogP contribution in [0.5, 0.6) is 0 Å². The van der Waals surface area contributed by atoms with E-state index < -0.39 is 0 Å². The molecule has 0 radical (unpaired) electrons. The van der Waals surface area contributed by atoms with Crippen molar-refractivity contribution in [2.75, 3.05) is 12.4 Å². The molecule has 26 heavy (non-hydrogen) atoms. The van der Waals surface area contributed by atoms with Crippen LogP contribution < -0.4 is 10.6 Å². The molecule has 0 unspecified atom stereocenters. The number of nitrogens with one attached hydrogen (secondary N) is 2. The summed E-state index contributed by atoms with van der Waals surface area (Å²) in [5.74, 6) is -0.301. The van der Waals surface area contributed by atoms with Crippen LogP contribution in [0.4, 0.5) is 5.69 Å². The highest BCUT2D eigenvalue weighted by molar-refractivity contribution is 7.17. The van der Waals surface area contributed by atoms with Gasteiger partial charge in [0.25, 0.3) is 11.8 Å². The zero-order valence-corrected chi connectivity index (χ0v) is 15.4. The third-order valence-electron chi connectivity index (χ3n) is 4.99. The highest BCUT2D eigenvalue weighted by atomic mass is 32.1. The number of hydrogen-bond acceptors (Lipinski definition) is 3. The molecule has 0 saturated heterocycles. The van der Waals surface area contributed by atoms with Crippen LogP contribution in [0.1, 0.15) is 52.6 Å². The lowest BCUT2D eigenvalue weighted by molar-refractivity contribution is 0.0961. The van der Waals surface area contributed by atoms with Crippen molar-refractivity contribution in [2.45, 2.75) is 31.7 Å². The van der Waals surface area contributed by atoms with Crippen molar-refractivity contribution in [3.05, 3.63) is 53.0 Å². The molecular weight excluding hydrogens is 346 g/mol. The van der Waals surface area contributed by atoms with Crippen molar-refractivity contribution in [1.82, 2.24) is 9.88 Å². The first kappa shape index (κ1) is 16.8. The smallest absolute Gasteiger partial charge is 0.272 e. The Morgan fingerprint density at radius 2 is 1.92 bits per heavy atom. The summed E-state index contributed by atoms with van der Waals surface area (Å²) >= 11 is 1.66. The molecule has 3 aromatic rings. The van der Waals surface area contributed by atoms with Gasteiger partial charge in [-0.2, -0.15) is 0 Å². The molecule has 6 heteroatoms. The van der Waals surface area contributed by atoms with Gasteiger partial charge in [-0.25, -0.2) is 0 Å². The molecular formula is C20H21N3O2S. The summed E-state index contributed by atoms with van der Waals surface area (Å²) in [7, 11) is 1.59. The van der Waals surface area contributed by atoms with Crippen molar-refractivity contribution >= 4 is 39.1 Å². The number of aromatic nitrogens is 1. The molecule has 5 nitrogen and oxygen atoms in total. The van der Waals surface area contributed by atoms with E-state index in [-0.39, 0.29) is 11.8 Å². The summed E-state index contributed by atoms with van der Waals surface area (Å²) in [6.45, 7) is 0. The molecule has 2 aromatic heterocycles. The quantitative estimate of drug-likeness (QED) is 0.716. The van der Waals surface area contributed by atoms with Crippen molar-refractivity contribution in [3.8, 4) is 0 Å². The van der Waals surface area contributed by atoms with Crippen molar-refractivity contribution < 1.29 is 9.59 Å². The predicted octanol–water partition coefficient (Wildman–Crippen LogP) is 4.43. The van der Waals surface area contributed by atoms with Gasteiger partial charge in [-0.1, -0.05) is 18.9 Å². The molecule has 1 saturated carbocycles. The van der Waals surface area contributed by atoms with E-state index in [4.69, 9.17) is 0 Å². The first-order valence-electron chi connectivity index (χ1n) is 8.89. The Kier molecular flexibility index (Phi) is 4.51. The Morgan fingerprint density at radius 1 is 1.12 bits per heavy atom. The van der Waals surface area contributed by atoms with Gasteiger partial charge in [-0.3, -0.25) is 9.59 Å². The average molecular weight is 367 g/mol. The largest absolute Gasteiger partial charge is 0.355 e. The number of fused-ring (bicyclic) bond motifs is 1. The lowest BCUT2D eigenvalue weighted by atomic mass is 10.2. The maximum absolute atomic E-state index is 13.0. The van der Waals surface area contributed by atoms with Gasteiger partial charge in [0, 0.05) is 24.3 Å². The lowest BCUT2D eigenvalue weighted by Crippen LogP contribution is -2.20. The van der Waals surface area contributed by atoms with Crippen LogP contribution in [0.15, 0.2) is 41.8 Å². The first-order valence-corrected chi connectivity index (χ1v) is 9.77. The number of benzene rings is 1. The van der Waals surface area contributed by atoms with Crippen LogP contribution in [0.25, 0.3) is 10.2 Å². The van der Waals surface area contributed by atoms with E-state index in [1.807, 2.05) is 6.07 Å². The fourth-order valence-corrected chi connectivity index (χ4v) is 4.56. The third-order valence-corrected chi connectivity index (χ3v) is 5.85. The Labute approximate surface area is 156 Å². The van der Waals surface area contributed by atoms with E-state index in [0.717, 1.165) is 23.1 Å². The minimum atomic E-state index is -0.170. The van der Waals surface area contributed by atoms with Gasteiger partial charge in [0.2, 0.25) is 0 Å². The molecule has 1 fully saturated rings. The summed E-state index contributed by atoms with van der Waals surface area (Å²) < 4.78 is 3.35. The molecule has 2 N–H and O–H groups in total. The second-order valence-electron chi connectivity index (χ2n) is 6.62. The van der Waals surface area contributed by atoms with Crippen LogP contribution in [0, 0.1) is 0 Å². The summed E-state index contributed by atoms with van der Waals surface area (Å²) in [6, 6.07) is 11.5. The second-order valence-corrected chi connectivity index (χ2v) is 7.57. The van der Waals surface area contributed by atoms with E-state index >= 15 is 0 Å². The van der Waals surface area contributed by atoms with Gasteiger partial charge in [-0.15, -0.1) is 11.3 Å². The number of rotatable bonds is 4. The van der Waals surface area contributed by atoms with E-state index in [0.29, 0.717) is 23.0 Å². The normalized spacial score (nSPS) is 14.7. The van der Waals surface area contributed by atoms with Crippen molar-refractivity contribution in [1.29, 1.82) is 0 Å². The molecule has 0 bridgehead atoms. The van der Waals surface area contributed by atoms with Crippen LogP contribution >= 0.6 is 11.3 Å². The SMILES string of the molecule is CNC(=O)c1cccc(NC(=O)c2cc3sccc3n2C2CCCC2)c1. The van der Waals surface area contributed by atoms with Gasteiger partial charge in [0.1, 0.15) is 5.69 Å². The van der Waals surface area contributed by atoms with Gasteiger partial charge in [0.15, 0.2) is 0 Å². The van der Waals surface area contributed by atoms with Gasteiger partial charge in [-0.05, 0) is 48.6 Å². The monoisotopic (exact) mass is 367 g/mol. The first-order chi connectivity index (χ1) is 12.7. The van der Waals surface area contributed by atoms with Gasteiger partial charge >= 0.3 is 0 Å². The van der Waals surface area contributed by atoms with Crippen molar-refractivity contribution in [2.24, 2.45) is 0 Å². The standard InChI is InChI=1S/C20H21N3O2S/c1-21-19(24)13-5-4-6-14(11-13)22-20(25)17-12-18-16(9-10-26-18)23(17)15-7-2-3-8-15/h4-6,9-12,15H,2-3,7-8H2,1H3,(H,21,24)(H,22,25). The fourth-order valence-electron chi connectivity index (χ4n) is 3.75. The zero-order chi connectivity index (χ0) is 18.1. The van der Waals surface area contributed by atoms with E-state index in [1.165, 1.54) is 12.8 Å². The number of anilines is 1. The summed E-state index contributed by atoms with van der Waals surface area (Å²) in [5.41, 5.74) is 2.99. The van der Waals surface area contributed by atoms with Crippen molar-refractivity contribution in [3.63, 3.8) is 0 Å². The molecule has 4 rings (SSSR count). The molecule has 0 spiro atoms. The number of nitrogens with zero attached hydrogens (tertiary/aromatic N) is 1. The van der Waals surface area contributed by atoms with E-state index in [2.05, 4.69) is 26.6 Å². The molecule has 134 valence electrons. The zero-order valence-electron chi connectivity index (χ0n) is 14.6. The van der Waals surface area contributed by atoms with Crippen LogP contribution in [-0.2, 0) is 0 Å². The van der Waals surface area contributed by atoms with E-state index in [9.17, 15) is 9.59 Å². The highest BCUT2D eigenvalue weighted by Crippen LogP contribution is 2.36. The summed E-state index contributed by atoms with van der Waals surface area (Å²) in [5, 5.41) is 7.63. The van der Waals surface area contributed by atoms with Crippen LogP contribution in [-0.4, -0.2) is 23.4 Å². The summed E-state index contributed by atoms with van der Waals surface area (Å²) in [4.78, 5) is 24.8. The maximum Gasteiger partial charge on any atom is 0.272 e. The number of carbonyl (C=O) groups is 2. The summed E-state index contributed by atoms with van der Waals surface area (Å²) in [6.07, 6.45) is 4.66. The Balaban J connectivity index is 1.65.